The zero-order chi connectivity index (χ0) is 7.61. The van der Waals surface area contributed by atoms with E-state index in [1.54, 1.807) is 0 Å². The van der Waals surface area contributed by atoms with Gasteiger partial charge in [0, 0.05) is 17.4 Å². The van der Waals surface area contributed by atoms with E-state index >= 15 is 0 Å². The predicted molar refractivity (Wildman–Crippen MR) is 30.4 cm³/mol. The van der Waals surface area contributed by atoms with Gasteiger partial charge in [-0.1, -0.05) is 6.58 Å². The molecule has 0 aliphatic heterocycles. The van der Waals surface area contributed by atoms with Crippen LogP contribution in [0, 0.1) is 0 Å². The van der Waals surface area contributed by atoms with E-state index in [0.717, 1.165) is 6.26 Å². The number of carbonyl (C=O) groups is 1. The summed E-state index contributed by atoms with van der Waals surface area (Å²) in [6.07, 6.45) is 2.12. The highest BCUT2D eigenvalue weighted by atomic mass is 19.3. The Kier molecular flexibility index (Phi) is 1.61. The molecular weight excluding hydrogens is 139 g/mol. The van der Waals surface area contributed by atoms with Crippen molar-refractivity contribution < 1.29 is 19.0 Å². The highest BCUT2D eigenvalue weighted by molar-refractivity contribution is 5.82. The Balaban J connectivity index is 2.51. The van der Waals surface area contributed by atoms with Gasteiger partial charge in [0.15, 0.2) is 0 Å². The summed E-state index contributed by atoms with van der Waals surface area (Å²) >= 11 is 0. The third kappa shape index (κ3) is 0.964. The largest absolute Gasteiger partial charge is 0.484 e. The minimum absolute atomic E-state index is 0.502. The van der Waals surface area contributed by atoms with Crippen LogP contribution in [0.1, 0.15) is 12.8 Å². The first-order chi connectivity index (χ1) is 4.75. The van der Waals surface area contributed by atoms with Crippen LogP contribution in [0.2, 0.25) is 0 Å². The topological polar surface area (TPSA) is 35.5 Å². The van der Waals surface area contributed by atoms with Crippen molar-refractivity contribution in [3.63, 3.8) is 0 Å². The monoisotopic (exact) mass is 146 g/mol. The molecule has 4 heteroatoms. The average Bonchev–Trinajstić information content (AvgIpc) is 2.69. The fourth-order valence-electron chi connectivity index (χ4n) is 0.713. The second-order valence-corrected chi connectivity index (χ2v) is 2.14. The quantitative estimate of drug-likeness (QED) is 0.559. The molecular formula is C6H7FO3. The fourth-order valence-corrected chi connectivity index (χ4v) is 0.713. The number of rotatable bonds is 3. The summed E-state index contributed by atoms with van der Waals surface area (Å²) in [4.78, 5) is 13.5. The first-order valence-electron chi connectivity index (χ1n) is 2.87. The van der Waals surface area contributed by atoms with Gasteiger partial charge in [-0.3, -0.25) is 4.94 Å². The number of ether oxygens (including phenoxy) is 1. The van der Waals surface area contributed by atoms with E-state index < -0.39 is 11.6 Å². The van der Waals surface area contributed by atoms with E-state index in [9.17, 15) is 9.32 Å². The second-order valence-electron chi connectivity index (χ2n) is 2.14. The molecule has 0 aromatic heterocycles. The van der Waals surface area contributed by atoms with Gasteiger partial charge in [0.2, 0.25) is 5.60 Å². The van der Waals surface area contributed by atoms with Crippen molar-refractivity contribution in [3.8, 4) is 0 Å². The van der Waals surface area contributed by atoms with E-state index in [4.69, 9.17) is 4.74 Å². The standard InChI is InChI=1S/C6H7FO3/c1-2-9-6(3-4-6)5(8)10-7/h2H,1,3-4H2. The normalized spacial score (nSPS) is 19.3. The average molecular weight is 146 g/mol. The minimum Gasteiger partial charge on any atom is -0.484 e. The molecule has 1 aliphatic carbocycles. The van der Waals surface area contributed by atoms with Gasteiger partial charge in [0.25, 0.3) is 0 Å². The van der Waals surface area contributed by atoms with Crippen molar-refractivity contribution in [3.05, 3.63) is 12.8 Å². The van der Waals surface area contributed by atoms with Gasteiger partial charge in [0.1, 0.15) is 0 Å². The smallest absolute Gasteiger partial charge is 0.391 e. The summed E-state index contributed by atoms with van der Waals surface area (Å²) < 4.78 is 16.0. The van der Waals surface area contributed by atoms with Crippen LogP contribution in [0.4, 0.5) is 4.53 Å². The first kappa shape index (κ1) is 7.05. The molecule has 1 fully saturated rings. The highest BCUT2D eigenvalue weighted by Crippen LogP contribution is 2.40. The van der Waals surface area contributed by atoms with Crippen LogP contribution in [-0.2, 0) is 14.5 Å². The SMILES string of the molecule is C=COC1(C(=O)OF)CC1. The van der Waals surface area contributed by atoms with Crippen molar-refractivity contribution in [2.75, 3.05) is 0 Å². The van der Waals surface area contributed by atoms with Crippen LogP contribution in [0.5, 0.6) is 0 Å². The van der Waals surface area contributed by atoms with Crippen molar-refractivity contribution in [2.45, 2.75) is 18.4 Å². The molecule has 1 aliphatic rings. The highest BCUT2D eigenvalue weighted by Gasteiger charge is 2.54. The maximum Gasteiger partial charge on any atom is 0.391 e. The molecule has 0 amide bonds. The van der Waals surface area contributed by atoms with Gasteiger partial charge in [-0.05, 0) is 0 Å². The lowest BCUT2D eigenvalue weighted by Crippen LogP contribution is -2.24. The molecule has 56 valence electrons. The van der Waals surface area contributed by atoms with Crippen LogP contribution >= 0.6 is 0 Å². The molecule has 0 unspecified atom stereocenters. The van der Waals surface area contributed by atoms with Crippen molar-refractivity contribution in [1.29, 1.82) is 0 Å². The van der Waals surface area contributed by atoms with Crippen LogP contribution in [0.15, 0.2) is 12.8 Å². The van der Waals surface area contributed by atoms with E-state index in [2.05, 4.69) is 11.5 Å². The van der Waals surface area contributed by atoms with Crippen molar-refractivity contribution >= 4 is 5.97 Å². The van der Waals surface area contributed by atoms with Gasteiger partial charge in [-0.2, -0.15) is 0 Å². The zero-order valence-corrected chi connectivity index (χ0v) is 5.30. The molecule has 0 heterocycles. The summed E-state index contributed by atoms with van der Waals surface area (Å²) in [5.41, 5.74) is -1.05. The number of carbonyl (C=O) groups excluding carboxylic acids is 1. The molecule has 0 bridgehead atoms. The third-order valence-corrected chi connectivity index (χ3v) is 1.46. The summed E-state index contributed by atoms with van der Waals surface area (Å²) in [5, 5.41) is 0. The van der Waals surface area contributed by atoms with E-state index in [1.807, 2.05) is 0 Å². The van der Waals surface area contributed by atoms with Gasteiger partial charge in [0.05, 0.1) is 6.26 Å². The maximum atomic E-state index is 11.3. The molecule has 3 nitrogen and oxygen atoms in total. The molecule has 0 atom stereocenters. The first-order valence-corrected chi connectivity index (χ1v) is 2.87. The van der Waals surface area contributed by atoms with Crippen LogP contribution in [-0.4, -0.2) is 11.6 Å². The Morgan fingerprint density at radius 2 is 2.30 bits per heavy atom. The molecule has 0 saturated heterocycles. The molecule has 1 rings (SSSR count). The van der Waals surface area contributed by atoms with Crippen LogP contribution in [0.3, 0.4) is 0 Å². The summed E-state index contributed by atoms with van der Waals surface area (Å²) in [6.45, 7) is 3.25. The molecule has 0 spiro atoms. The van der Waals surface area contributed by atoms with Gasteiger partial charge in [-0.25, -0.2) is 4.79 Å². The van der Waals surface area contributed by atoms with Crippen LogP contribution in [0.25, 0.3) is 0 Å². The maximum absolute atomic E-state index is 11.3. The molecule has 0 aromatic carbocycles. The molecule has 0 N–H and O–H groups in total. The van der Waals surface area contributed by atoms with Gasteiger partial charge >= 0.3 is 5.97 Å². The van der Waals surface area contributed by atoms with Crippen molar-refractivity contribution in [1.82, 2.24) is 0 Å². The third-order valence-electron chi connectivity index (χ3n) is 1.46. The zero-order valence-electron chi connectivity index (χ0n) is 5.30. The number of hydrogen-bond acceptors (Lipinski definition) is 3. The molecule has 1 saturated carbocycles. The molecule has 10 heavy (non-hydrogen) atoms. The van der Waals surface area contributed by atoms with E-state index in [0.29, 0.717) is 12.8 Å². The predicted octanol–water partition coefficient (Wildman–Crippen LogP) is 1.11. The molecule has 0 radical (unpaired) electrons. The van der Waals surface area contributed by atoms with E-state index in [1.165, 1.54) is 0 Å². The fraction of sp³-hybridized carbons (Fsp3) is 0.500. The second kappa shape index (κ2) is 2.28. The number of hydrogen-bond donors (Lipinski definition) is 0. The Labute approximate surface area is 57.3 Å². The molecule has 0 aromatic rings. The Morgan fingerprint density at radius 3 is 2.60 bits per heavy atom. The van der Waals surface area contributed by atoms with Gasteiger partial charge < -0.3 is 4.74 Å². The van der Waals surface area contributed by atoms with Crippen molar-refractivity contribution in [2.24, 2.45) is 0 Å². The van der Waals surface area contributed by atoms with Gasteiger partial charge in [-0.15, -0.1) is 0 Å². The lowest BCUT2D eigenvalue weighted by atomic mass is 10.3. The summed E-state index contributed by atoms with van der Waals surface area (Å²) in [6, 6.07) is 0. The Bertz CT molecular complexity index is 162. The summed E-state index contributed by atoms with van der Waals surface area (Å²) in [5.74, 6) is -0.965. The number of halogens is 1. The summed E-state index contributed by atoms with van der Waals surface area (Å²) in [7, 11) is 0. The lowest BCUT2D eigenvalue weighted by Gasteiger charge is -2.07. The Morgan fingerprint density at radius 1 is 1.70 bits per heavy atom. The Hall–Kier alpha value is -1.06. The lowest BCUT2D eigenvalue weighted by molar-refractivity contribution is -0.196. The van der Waals surface area contributed by atoms with Crippen LogP contribution < -0.4 is 0 Å². The van der Waals surface area contributed by atoms with E-state index in [-0.39, 0.29) is 0 Å². The minimum atomic E-state index is -1.05.